The van der Waals surface area contributed by atoms with Gasteiger partial charge in [0.1, 0.15) is 0 Å². The van der Waals surface area contributed by atoms with Crippen LogP contribution < -0.4 is 5.32 Å². The number of benzene rings is 1. The Morgan fingerprint density at radius 2 is 2.06 bits per heavy atom. The first-order valence-corrected chi connectivity index (χ1v) is 6.97. The maximum Gasteiger partial charge on any atom is 0.0672 e. The van der Waals surface area contributed by atoms with E-state index in [-0.39, 0.29) is 5.92 Å². The first-order valence-electron chi connectivity index (χ1n) is 6.17. The summed E-state index contributed by atoms with van der Waals surface area (Å²) < 4.78 is 1.14. The fraction of sp³-hybridized carbons (Fsp3) is 0.500. The van der Waals surface area contributed by atoms with Crippen molar-refractivity contribution in [1.82, 2.24) is 5.32 Å². The van der Waals surface area contributed by atoms with Crippen LogP contribution in [-0.2, 0) is 6.54 Å². The molecule has 1 aliphatic rings. The summed E-state index contributed by atoms with van der Waals surface area (Å²) in [5.74, 6) is 0.186. The highest BCUT2D eigenvalue weighted by Crippen LogP contribution is 2.24. The second-order valence-corrected chi connectivity index (χ2v) is 5.45. The van der Waals surface area contributed by atoms with Gasteiger partial charge in [0.25, 0.3) is 0 Å². The lowest BCUT2D eigenvalue weighted by Gasteiger charge is -2.27. The molecule has 0 radical (unpaired) electrons. The molecule has 1 aromatic carbocycles. The zero-order valence-corrected chi connectivity index (χ0v) is 11.4. The van der Waals surface area contributed by atoms with Gasteiger partial charge in [-0.15, -0.1) is 0 Å². The fourth-order valence-corrected chi connectivity index (χ4v) is 2.84. The van der Waals surface area contributed by atoms with Gasteiger partial charge in [-0.3, -0.25) is 0 Å². The topological polar surface area (TPSA) is 35.8 Å². The van der Waals surface area contributed by atoms with Crippen LogP contribution in [0.2, 0.25) is 0 Å². The highest BCUT2D eigenvalue weighted by molar-refractivity contribution is 9.10. The third kappa shape index (κ3) is 3.31. The van der Waals surface area contributed by atoms with Gasteiger partial charge in [0, 0.05) is 17.1 Å². The quantitative estimate of drug-likeness (QED) is 0.924. The van der Waals surface area contributed by atoms with Crippen molar-refractivity contribution in [3.05, 3.63) is 34.3 Å². The van der Waals surface area contributed by atoms with Crippen molar-refractivity contribution in [2.45, 2.75) is 38.3 Å². The lowest BCUT2D eigenvalue weighted by Crippen LogP contribution is -2.37. The molecule has 0 aromatic heterocycles. The predicted octanol–water partition coefficient (Wildman–Crippen LogP) is 3.62. The maximum atomic E-state index is 9.11. The minimum absolute atomic E-state index is 0.186. The molecule has 3 heteroatoms. The van der Waals surface area contributed by atoms with Crippen molar-refractivity contribution < 1.29 is 0 Å². The molecular formula is C14H17BrN2. The highest BCUT2D eigenvalue weighted by atomic mass is 79.9. The Morgan fingerprint density at radius 3 is 2.82 bits per heavy atom. The van der Waals surface area contributed by atoms with Crippen molar-refractivity contribution in [1.29, 1.82) is 5.26 Å². The molecule has 0 heterocycles. The lowest BCUT2D eigenvalue weighted by atomic mass is 9.85. The molecule has 1 saturated carbocycles. The van der Waals surface area contributed by atoms with Crippen LogP contribution in [0.25, 0.3) is 0 Å². The fourth-order valence-electron chi connectivity index (χ4n) is 2.41. The van der Waals surface area contributed by atoms with Gasteiger partial charge in [-0.1, -0.05) is 47.0 Å². The van der Waals surface area contributed by atoms with Gasteiger partial charge >= 0.3 is 0 Å². The van der Waals surface area contributed by atoms with E-state index in [9.17, 15) is 0 Å². The second kappa shape index (κ2) is 6.18. The number of nitriles is 1. The first-order chi connectivity index (χ1) is 8.31. The molecule has 1 aromatic rings. The molecule has 2 rings (SSSR count). The predicted molar refractivity (Wildman–Crippen MR) is 72.3 cm³/mol. The van der Waals surface area contributed by atoms with E-state index < -0.39 is 0 Å². The van der Waals surface area contributed by atoms with E-state index in [1.807, 2.05) is 12.1 Å². The third-order valence-corrected chi connectivity index (χ3v) is 4.22. The van der Waals surface area contributed by atoms with Gasteiger partial charge in [-0.05, 0) is 24.5 Å². The van der Waals surface area contributed by atoms with Gasteiger partial charge in [-0.2, -0.15) is 5.26 Å². The van der Waals surface area contributed by atoms with Crippen LogP contribution in [0.1, 0.15) is 31.2 Å². The van der Waals surface area contributed by atoms with Crippen LogP contribution in [0.4, 0.5) is 0 Å². The normalized spacial score (nSPS) is 24.2. The van der Waals surface area contributed by atoms with Gasteiger partial charge in [0.15, 0.2) is 0 Å². The van der Waals surface area contributed by atoms with E-state index in [0.29, 0.717) is 6.04 Å². The van der Waals surface area contributed by atoms with Gasteiger partial charge in [0.2, 0.25) is 0 Å². The zero-order valence-electron chi connectivity index (χ0n) is 9.82. The molecule has 1 fully saturated rings. The van der Waals surface area contributed by atoms with Crippen LogP contribution >= 0.6 is 15.9 Å². The highest BCUT2D eigenvalue weighted by Gasteiger charge is 2.24. The van der Waals surface area contributed by atoms with E-state index in [1.54, 1.807) is 0 Å². The first kappa shape index (κ1) is 12.6. The van der Waals surface area contributed by atoms with Crippen LogP contribution in [0.15, 0.2) is 28.7 Å². The summed E-state index contributed by atoms with van der Waals surface area (Å²) >= 11 is 3.55. The SMILES string of the molecule is N#CC1CCCCC1NCc1ccccc1Br. The summed E-state index contributed by atoms with van der Waals surface area (Å²) in [6, 6.07) is 11.0. The molecule has 0 spiro atoms. The van der Waals surface area contributed by atoms with Crippen molar-refractivity contribution in [2.75, 3.05) is 0 Å². The molecule has 2 unspecified atom stereocenters. The Kier molecular flexibility index (Phi) is 4.58. The molecule has 90 valence electrons. The molecule has 0 aliphatic heterocycles. The van der Waals surface area contributed by atoms with Crippen molar-refractivity contribution in [2.24, 2.45) is 5.92 Å². The second-order valence-electron chi connectivity index (χ2n) is 4.60. The average Bonchev–Trinajstić information content (AvgIpc) is 2.38. The van der Waals surface area contributed by atoms with Crippen LogP contribution in [0, 0.1) is 17.2 Å². The van der Waals surface area contributed by atoms with Crippen LogP contribution in [0.5, 0.6) is 0 Å². The van der Waals surface area contributed by atoms with E-state index in [4.69, 9.17) is 5.26 Å². The molecule has 0 bridgehead atoms. The molecule has 0 amide bonds. The minimum atomic E-state index is 0.186. The Balaban J connectivity index is 1.93. The van der Waals surface area contributed by atoms with Gasteiger partial charge in [-0.25, -0.2) is 0 Å². The molecule has 1 N–H and O–H groups in total. The summed E-state index contributed by atoms with van der Waals surface area (Å²) in [5.41, 5.74) is 1.26. The summed E-state index contributed by atoms with van der Waals surface area (Å²) in [4.78, 5) is 0. The molecule has 2 atom stereocenters. The largest absolute Gasteiger partial charge is 0.309 e. The van der Waals surface area contributed by atoms with Gasteiger partial charge in [0.05, 0.1) is 12.0 Å². The van der Waals surface area contributed by atoms with E-state index >= 15 is 0 Å². The molecular weight excluding hydrogens is 276 g/mol. The lowest BCUT2D eigenvalue weighted by molar-refractivity contribution is 0.311. The Bertz CT molecular complexity index is 411. The summed E-state index contributed by atoms with van der Waals surface area (Å²) in [5, 5.41) is 12.6. The third-order valence-electron chi connectivity index (χ3n) is 3.44. The number of rotatable bonds is 3. The molecule has 1 aliphatic carbocycles. The number of halogens is 1. The van der Waals surface area contributed by atoms with E-state index in [1.165, 1.54) is 18.4 Å². The molecule has 17 heavy (non-hydrogen) atoms. The van der Waals surface area contributed by atoms with Crippen LogP contribution in [0.3, 0.4) is 0 Å². The Morgan fingerprint density at radius 1 is 1.29 bits per heavy atom. The van der Waals surface area contributed by atoms with Gasteiger partial charge < -0.3 is 5.32 Å². The summed E-state index contributed by atoms with van der Waals surface area (Å²) in [6.45, 7) is 0.838. The molecule has 0 saturated heterocycles. The Hall–Kier alpha value is -0.850. The monoisotopic (exact) mass is 292 g/mol. The standard InChI is InChI=1S/C14H17BrN2/c15-13-7-3-1-6-12(13)10-17-14-8-4-2-5-11(14)9-16/h1,3,6-7,11,14,17H,2,4-5,8,10H2. The van der Waals surface area contributed by atoms with Crippen molar-refractivity contribution >= 4 is 15.9 Å². The van der Waals surface area contributed by atoms with E-state index in [0.717, 1.165) is 23.9 Å². The number of nitrogens with zero attached hydrogens (tertiary/aromatic N) is 1. The summed E-state index contributed by atoms with van der Waals surface area (Å²) in [7, 11) is 0. The van der Waals surface area contributed by atoms with Crippen molar-refractivity contribution in [3.8, 4) is 6.07 Å². The number of nitrogens with one attached hydrogen (secondary N) is 1. The van der Waals surface area contributed by atoms with Crippen molar-refractivity contribution in [3.63, 3.8) is 0 Å². The minimum Gasteiger partial charge on any atom is -0.309 e. The Labute approximate surface area is 111 Å². The van der Waals surface area contributed by atoms with Crippen LogP contribution in [-0.4, -0.2) is 6.04 Å². The molecule has 2 nitrogen and oxygen atoms in total. The average molecular weight is 293 g/mol. The zero-order chi connectivity index (χ0) is 12.1. The smallest absolute Gasteiger partial charge is 0.0672 e. The van der Waals surface area contributed by atoms with E-state index in [2.05, 4.69) is 39.4 Å². The summed E-state index contributed by atoms with van der Waals surface area (Å²) in [6.07, 6.45) is 4.62. The maximum absolute atomic E-state index is 9.11. The number of hydrogen-bond donors (Lipinski definition) is 1. The number of hydrogen-bond acceptors (Lipinski definition) is 2.